The molecule has 0 aliphatic heterocycles. The highest BCUT2D eigenvalue weighted by Gasteiger charge is 2.17. The van der Waals surface area contributed by atoms with Crippen molar-refractivity contribution in [3.8, 4) is 11.5 Å². The van der Waals surface area contributed by atoms with Crippen LogP contribution in [0, 0.1) is 0 Å². The van der Waals surface area contributed by atoms with E-state index in [0.717, 1.165) is 0 Å². The van der Waals surface area contributed by atoms with Gasteiger partial charge in [0, 0.05) is 6.07 Å². The lowest BCUT2D eigenvalue weighted by molar-refractivity contribution is -0.114. The second kappa shape index (κ2) is 6.75. The summed E-state index contributed by atoms with van der Waals surface area (Å²) < 4.78 is 10.8. The van der Waals surface area contributed by atoms with E-state index < -0.39 is 5.91 Å². The Kier molecular flexibility index (Phi) is 4.53. The van der Waals surface area contributed by atoms with Crippen LogP contribution in [-0.4, -0.2) is 32.8 Å². The molecule has 0 fully saturated rings. The second-order valence-corrected chi connectivity index (χ2v) is 6.57. The summed E-state index contributed by atoms with van der Waals surface area (Å²) in [5.41, 5.74) is 0.101. The average molecular weight is 350 g/mol. The predicted octanol–water partition coefficient (Wildman–Crippen LogP) is 2.72. The van der Waals surface area contributed by atoms with E-state index in [4.69, 9.17) is 8.94 Å². The molecule has 0 unspecified atom stereocenters. The molecule has 0 saturated heterocycles. The first-order valence-electron chi connectivity index (χ1n) is 6.39. The molecule has 23 heavy (non-hydrogen) atoms. The molecule has 8 nitrogen and oxygen atoms in total. The molecule has 0 aromatic carbocycles. The highest BCUT2D eigenvalue weighted by Crippen LogP contribution is 2.26. The van der Waals surface area contributed by atoms with Gasteiger partial charge in [0.25, 0.3) is 5.91 Å². The number of hydrogen-bond acceptors (Lipinski definition) is 9. The van der Waals surface area contributed by atoms with Gasteiger partial charge in [-0.3, -0.25) is 14.9 Å². The smallest absolute Gasteiger partial charge is 0.279 e. The van der Waals surface area contributed by atoms with Gasteiger partial charge in [0.1, 0.15) is 5.78 Å². The molecule has 0 radical (unpaired) electrons. The summed E-state index contributed by atoms with van der Waals surface area (Å²) in [5.74, 6) is 0.735. The molecular weight excluding hydrogens is 340 g/mol. The maximum atomic E-state index is 12.1. The Morgan fingerprint density at radius 3 is 2.96 bits per heavy atom. The monoisotopic (exact) mass is 350 g/mol. The summed E-state index contributed by atoms with van der Waals surface area (Å²) in [6.45, 7) is 1.50. The summed E-state index contributed by atoms with van der Waals surface area (Å²) in [5, 5.41) is 14.3. The van der Waals surface area contributed by atoms with Gasteiger partial charge >= 0.3 is 0 Å². The Bertz CT molecular complexity index is 825. The summed E-state index contributed by atoms with van der Waals surface area (Å²) in [6, 6.07) is 4.88. The summed E-state index contributed by atoms with van der Waals surface area (Å²) in [7, 11) is 0. The van der Waals surface area contributed by atoms with Crippen molar-refractivity contribution in [1.29, 1.82) is 0 Å². The Balaban J connectivity index is 1.64. The quantitative estimate of drug-likeness (QED) is 0.533. The molecule has 118 valence electrons. The Hall–Kier alpha value is -2.46. The van der Waals surface area contributed by atoms with Gasteiger partial charge in [-0.1, -0.05) is 28.3 Å². The highest BCUT2D eigenvalue weighted by molar-refractivity contribution is 8.01. The first-order chi connectivity index (χ1) is 11.1. The number of thioether (sulfide) groups is 1. The van der Waals surface area contributed by atoms with Gasteiger partial charge in [-0.05, 0) is 19.1 Å². The van der Waals surface area contributed by atoms with Crippen LogP contribution < -0.4 is 5.32 Å². The van der Waals surface area contributed by atoms with Gasteiger partial charge in [-0.25, -0.2) is 0 Å². The lowest BCUT2D eigenvalue weighted by Crippen LogP contribution is -2.11. The van der Waals surface area contributed by atoms with E-state index in [9.17, 15) is 9.59 Å². The molecular formula is C13H10N4O4S2. The molecule has 0 aliphatic rings. The SMILES string of the molecule is CC(=O)CSc1nnc(NC(=O)c2cc(-c3ccco3)on2)s1. The average Bonchev–Trinajstić information content (AvgIpc) is 3.25. The van der Waals surface area contributed by atoms with Crippen molar-refractivity contribution in [2.45, 2.75) is 11.3 Å². The van der Waals surface area contributed by atoms with Gasteiger partial charge in [0.05, 0.1) is 12.0 Å². The number of Topliss-reactive ketones (excluding diaryl/α,β-unsaturated/α-hetero) is 1. The predicted molar refractivity (Wildman–Crippen MR) is 83.5 cm³/mol. The molecule has 3 rings (SSSR count). The van der Waals surface area contributed by atoms with Crippen LogP contribution in [0.1, 0.15) is 17.4 Å². The molecule has 10 heteroatoms. The molecule has 0 spiro atoms. The number of carbonyl (C=O) groups is 2. The normalized spacial score (nSPS) is 10.7. The molecule has 1 amide bonds. The zero-order valence-electron chi connectivity index (χ0n) is 11.8. The van der Waals surface area contributed by atoms with Crippen LogP contribution in [0.25, 0.3) is 11.5 Å². The third kappa shape index (κ3) is 3.85. The van der Waals surface area contributed by atoms with Crippen LogP contribution in [0.2, 0.25) is 0 Å². The van der Waals surface area contributed by atoms with Crippen molar-refractivity contribution in [1.82, 2.24) is 15.4 Å². The third-order valence-corrected chi connectivity index (χ3v) is 4.65. The van der Waals surface area contributed by atoms with Crippen LogP contribution in [0.5, 0.6) is 0 Å². The molecule has 1 N–H and O–H groups in total. The molecule has 0 bridgehead atoms. The number of anilines is 1. The fourth-order valence-corrected chi connectivity index (χ4v) is 3.11. The van der Waals surface area contributed by atoms with Crippen LogP contribution in [-0.2, 0) is 4.79 Å². The second-order valence-electron chi connectivity index (χ2n) is 4.37. The van der Waals surface area contributed by atoms with E-state index in [1.807, 2.05) is 0 Å². The molecule has 0 aliphatic carbocycles. The fraction of sp³-hybridized carbons (Fsp3) is 0.154. The summed E-state index contributed by atoms with van der Waals surface area (Å²) >= 11 is 2.45. The largest absolute Gasteiger partial charge is 0.461 e. The highest BCUT2D eigenvalue weighted by atomic mass is 32.2. The third-order valence-electron chi connectivity index (χ3n) is 2.53. The van der Waals surface area contributed by atoms with Gasteiger partial charge in [-0.2, -0.15) is 0 Å². The number of aromatic nitrogens is 3. The maximum Gasteiger partial charge on any atom is 0.279 e. The van der Waals surface area contributed by atoms with Gasteiger partial charge < -0.3 is 8.94 Å². The number of nitrogens with zero attached hydrogens (tertiary/aromatic N) is 3. The molecule has 3 heterocycles. The van der Waals surface area contributed by atoms with Crippen LogP contribution in [0.3, 0.4) is 0 Å². The number of hydrogen-bond donors (Lipinski definition) is 1. The Labute approximate surface area is 138 Å². The van der Waals surface area contributed by atoms with Crippen molar-refractivity contribution in [3.05, 3.63) is 30.2 Å². The zero-order valence-corrected chi connectivity index (χ0v) is 13.4. The van der Waals surface area contributed by atoms with Crippen molar-refractivity contribution in [2.24, 2.45) is 0 Å². The minimum Gasteiger partial charge on any atom is -0.461 e. The minimum absolute atomic E-state index is 0.0452. The lowest BCUT2D eigenvalue weighted by atomic mass is 10.3. The van der Waals surface area contributed by atoms with Gasteiger partial charge in [0.2, 0.25) is 10.9 Å². The number of nitrogens with one attached hydrogen (secondary N) is 1. The van der Waals surface area contributed by atoms with Crippen LogP contribution >= 0.6 is 23.1 Å². The number of rotatable bonds is 6. The molecule has 0 atom stereocenters. The Morgan fingerprint density at radius 1 is 1.35 bits per heavy atom. The minimum atomic E-state index is -0.467. The van der Waals surface area contributed by atoms with Crippen LogP contribution in [0.15, 0.2) is 37.7 Å². The number of furan rings is 1. The molecule has 0 saturated carbocycles. The maximum absolute atomic E-state index is 12.1. The van der Waals surface area contributed by atoms with E-state index in [1.54, 1.807) is 12.1 Å². The van der Waals surface area contributed by atoms with Gasteiger partial charge in [-0.15, -0.1) is 10.2 Å². The fourth-order valence-electron chi connectivity index (χ4n) is 1.56. The van der Waals surface area contributed by atoms with E-state index in [-0.39, 0.29) is 11.5 Å². The first kappa shape index (κ1) is 15.4. The summed E-state index contributed by atoms with van der Waals surface area (Å²) in [4.78, 5) is 23.0. The topological polar surface area (TPSA) is 111 Å². The van der Waals surface area contributed by atoms with E-state index >= 15 is 0 Å². The van der Waals surface area contributed by atoms with Crippen LogP contribution in [0.4, 0.5) is 5.13 Å². The molecule has 3 aromatic rings. The lowest BCUT2D eigenvalue weighted by Gasteiger charge is -1.94. The van der Waals surface area contributed by atoms with E-state index in [0.29, 0.717) is 26.7 Å². The van der Waals surface area contributed by atoms with Crippen molar-refractivity contribution < 1.29 is 18.5 Å². The van der Waals surface area contributed by atoms with Gasteiger partial charge in [0.15, 0.2) is 15.8 Å². The number of carbonyl (C=O) groups excluding carboxylic acids is 2. The number of amides is 1. The zero-order chi connectivity index (χ0) is 16.2. The van der Waals surface area contributed by atoms with Crippen molar-refractivity contribution in [3.63, 3.8) is 0 Å². The first-order valence-corrected chi connectivity index (χ1v) is 8.19. The standard InChI is InChI=1S/C13H10N4O4S2/c1-7(18)6-22-13-16-15-12(23-13)14-11(19)8-5-10(21-17-8)9-3-2-4-20-9/h2-5H,6H2,1H3,(H,14,15,19). The van der Waals surface area contributed by atoms with Crippen molar-refractivity contribution >= 4 is 39.9 Å². The summed E-state index contributed by atoms with van der Waals surface area (Å²) in [6.07, 6.45) is 1.50. The van der Waals surface area contributed by atoms with E-state index in [2.05, 4.69) is 20.7 Å². The molecule has 3 aromatic heterocycles. The number of ketones is 1. The van der Waals surface area contributed by atoms with Crippen molar-refractivity contribution in [2.75, 3.05) is 11.1 Å². The van der Waals surface area contributed by atoms with E-state index in [1.165, 1.54) is 42.4 Å². The Morgan fingerprint density at radius 2 is 2.22 bits per heavy atom.